The van der Waals surface area contributed by atoms with Crippen molar-refractivity contribution < 1.29 is 9.53 Å². The topological polar surface area (TPSA) is 81.9 Å². The van der Waals surface area contributed by atoms with Crippen molar-refractivity contribution in [3.8, 4) is 17.1 Å². The molecule has 2 aromatic heterocycles. The summed E-state index contributed by atoms with van der Waals surface area (Å²) in [4.78, 5) is 16.4. The summed E-state index contributed by atoms with van der Waals surface area (Å²) in [5.41, 5.74) is 0.846. The lowest BCUT2D eigenvalue weighted by Crippen LogP contribution is -2.15. The van der Waals surface area contributed by atoms with Crippen LogP contribution in [0.2, 0.25) is 0 Å². The van der Waals surface area contributed by atoms with Crippen LogP contribution in [0.15, 0.2) is 64.9 Å². The number of allylic oxidation sites excluding steroid dienone is 1. The molecule has 150 valence electrons. The maximum absolute atomic E-state index is 12.3. The first-order chi connectivity index (χ1) is 14.1. The number of hydrogen-bond acceptors (Lipinski definition) is 6. The third-order valence-electron chi connectivity index (χ3n) is 3.78. The van der Waals surface area contributed by atoms with E-state index in [1.807, 2.05) is 41.8 Å². The molecule has 3 rings (SSSR count). The monoisotopic (exact) mass is 473 g/mol. The Morgan fingerprint density at radius 1 is 1.31 bits per heavy atom. The lowest BCUT2D eigenvalue weighted by molar-refractivity contribution is -0.113. The van der Waals surface area contributed by atoms with Gasteiger partial charge >= 0.3 is 0 Å². The Hall–Kier alpha value is -2.65. The van der Waals surface area contributed by atoms with E-state index in [0.717, 1.165) is 15.8 Å². The predicted molar refractivity (Wildman–Crippen MR) is 118 cm³/mol. The number of para-hydroxylation sites is 1. The summed E-state index contributed by atoms with van der Waals surface area (Å²) in [5.74, 6) is 1.92. The number of thioether (sulfide) groups is 1. The molecule has 1 amide bonds. The van der Waals surface area contributed by atoms with E-state index in [2.05, 4.69) is 43.0 Å². The van der Waals surface area contributed by atoms with Crippen molar-refractivity contribution in [2.24, 2.45) is 0 Å². The van der Waals surface area contributed by atoms with Gasteiger partial charge in [-0.15, -0.1) is 16.8 Å². The Kier molecular flexibility index (Phi) is 7.42. The third kappa shape index (κ3) is 5.45. The van der Waals surface area contributed by atoms with Crippen molar-refractivity contribution in [2.75, 3.05) is 17.7 Å². The van der Waals surface area contributed by atoms with Gasteiger partial charge in [0.25, 0.3) is 0 Å². The second kappa shape index (κ2) is 10.2. The predicted octanol–water partition coefficient (Wildman–Crippen LogP) is 4.42. The molecule has 29 heavy (non-hydrogen) atoms. The lowest BCUT2D eigenvalue weighted by atomic mass is 10.2. The van der Waals surface area contributed by atoms with Gasteiger partial charge in [0, 0.05) is 17.2 Å². The first kappa shape index (κ1) is 21.1. The number of pyridine rings is 1. The summed E-state index contributed by atoms with van der Waals surface area (Å²) in [7, 11) is 0. The molecule has 7 nitrogen and oxygen atoms in total. The summed E-state index contributed by atoms with van der Waals surface area (Å²) in [6, 6.07) is 11.2. The maximum Gasteiger partial charge on any atom is 0.236 e. The summed E-state index contributed by atoms with van der Waals surface area (Å²) in [5, 5.41) is 12.0. The Bertz CT molecular complexity index is 991. The molecule has 0 aliphatic carbocycles. The average Bonchev–Trinajstić information content (AvgIpc) is 3.12. The summed E-state index contributed by atoms with van der Waals surface area (Å²) in [6.07, 6.45) is 3.40. The van der Waals surface area contributed by atoms with Crippen molar-refractivity contribution in [1.82, 2.24) is 19.7 Å². The van der Waals surface area contributed by atoms with Gasteiger partial charge in [-0.1, -0.05) is 30.0 Å². The molecule has 0 atom stereocenters. The van der Waals surface area contributed by atoms with Crippen molar-refractivity contribution in [3.05, 3.63) is 59.7 Å². The minimum Gasteiger partial charge on any atom is -0.493 e. The molecule has 2 heterocycles. The van der Waals surface area contributed by atoms with E-state index in [1.165, 1.54) is 11.8 Å². The van der Waals surface area contributed by atoms with Gasteiger partial charge in [-0.25, -0.2) is 4.98 Å². The number of rotatable bonds is 9. The maximum atomic E-state index is 12.3. The number of ether oxygens (including phenoxy) is 1. The molecule has 9 heteroatoms. The van der Waals surface area contributed by atoms with Crippen LogP contribution in [-0.4, -0.2) is 38.0 Å². The van der Waals surface area contributed by atoms with E-state index in [9.17, 15) is 4.79 Å². The van der Waals surface area contributed by atoms with Gasteiger partial charge in [0.1, 0.15) is 11.6 Å². The Balaban J connectivity index is 1.76. The summed E-state index contributed by atoms with van der Waals surface area (Å²) in [6.45, 7) is 6.82. The van der Waals surface area contributed by atoms with Gasteiger partial charge in [0.15, 0.2) is 11.0 Å². The third-order valence-corrected chi connectivity index (χ3v) is 5.22. The normalized spacial score (nSPS) is 10.6. The fourth-order valence-electron chi connectivity index (χ4n) is 2.58. The molecular weight excluding hydrogens is 454 g/mol. The number of halogens is 1. The van der Waals surface area contributed by atoms with Gasteiger partial charge in [-0.05, 0) is 47.1 Å². The zero-order valence-electron chi connectivity index (χ0n) is 15.8. The van der Waals surface area contributed by atoms with Crippen LogP contribution in [0.4, 0.5) is 5.82 Å². The second-order valence-electron chi connectivity index (χ2n) is 5.83. The smallest absolute Gasteiger partial charge is 0.236 e. The highest BCUT2D eigenvalue weighted by Gasteiger charge is 2.18. The number of amides is 1. The number of aromatic nitrogens is 4. The fraction of sp³-hybridized carbons (Fsp3) is 0.200. The van der Waals surface area contributed by atoms with Crippen LogP contribution in [0, 0.1) is 0 Å². The molecule has 0 aliphatic rings. The van der Waals surface area contributed by atoms with E-state index < -0.39 is 0 Å². The highest BCUT2D eigenvalue weighted by Crippen LogP contribution is 2.31. The minimum absolute atomic E-state index is 0.172. The Morgan fingerprint density at radius 2 is 2.14 bits per heavy atom. The molecule has 1 aromatic carbocycles. The van der Waals surface area contributed by atoms with Crippen LogP contribution in [0.1, 0.15) is 6.92 Å². The largest absolute Gasteiger partial charge is 0.493 e. The fourth-order valence-corrected chi connectivity index (χ4v) is 3.56. The molecule has 0 spiro atoms. The molecule has 1 N–H and O–H groups in total. The van der Waals surface area contributed by atoms with E-state index in [1.54, 1.807) is 18.3 Å². The van der Waals surface area contributed by atoms with Crippen LogP contribution in [0.25, 0.3) is 11.4 Å². The van der Waals surface area contributed by atoms with Crippen molar-refractivity contribution >= 4 is 39.4 Å². The van der Waals surface area contributed by atoms with E-state index in [-0.39, 0.29) is 11.7 Å². The van der Waals surface area contributed by atoms with Crippen molar-refractivity contribution in [2.45, 2.75) is 18.6 Å². The minimum atomic E-state index is -0.172. The zero-order valence-corrected chi connectivity index (χ0v) is 18.2. The average molecular weight is 474 g/mol. The first-order valence-electron chi connectivity index (χ1n) is 8.93. The first-order valence-corrected chi connectivity index (χ1v) is 10.7. The SMILES string of the molecule is C=CCn1c(SCC(=O)Nc2ccc(Br)cn2)nnc1-c1ccccc1OCC. The second-order valence-corrected chi connectivity index (χ2v) is 7.69. The molecule has 0 radical (unpaired) electrons. The lowest BCUT2D eigenvalue weighted by Gasteiger charge is -2.11. The standard InChI is InChI=1S/C20H20BrN5O2S/c1-3-11-26-19(15-7-5-6-8-16(15)28-4-2)24-25-20(26)29-13-18(27)23-17-10-9-14(21)12-22-17/h3,5-10,12H,1,4,11,13H2,2H3,(H,22,23,27). The van der Waals surface area contributed by atoms with E-state index in [0.29, 0.717) is 30.0 Å². The van der Waals surface area contributed by atoms with Gasteiger partial charge in [0.05, 0.1) is 17.9 Å². The van der Waals surface area contributed by atoms with E-state index >= 15 is 0 Å². The number of carbonyl (C=O) groups excluding carboxylic acids is 1. The molecule has 3 aromatic rings. The molecular formula is C20H20BrN5O2S. The van der Waals surface area contributed by atoms with Gasteiger partial charge < -0.3 is 10.1 Å². The Morgan fingerprint density at radius 3 is 2.86 bits per heavy atom. The molecule has 0 unspecified atom stereocenters. The molecule has 0 fully saturated rings. The van der Waals surface area contributed by atoms with Gasteiger partial charge in [0.2, 0.25) is 5.91 Å². The number of hydrogen-bond donors (Lipinski definition) is 1. The summed E-state index contributed by atoms with van der Waals surface area (Å²) >= 11 is 4.62. The van der Waals surface area contributed by atoms with Gasteiger partial charge in [-0.3, -0.25) is 9.36 Å². The van der Waals surface area contributed by atoms with Crippen molar-refractivity contribution in [3.63, 3.8) is 0 Å². The number of carbonyl (C=O) groups is 1. The van der Waals surface area contributed by atoms with Crippen LogP contribution >= 0.6 is 27.7 Å². The van der Waals surface area contributed by atoms with Crippen LogP contribution in [0.5, 0.6) is 5.75 Å². The molecule has 0 saturated heterocycles. The molecule has 0 bridgehead atoms. The quantitative estimate of drug-likeness (QED) is 0.365. The molecule has 0 saturated carbocycles. The highest BCUT2D eigenvalue weighted by molar-refractivity contribution is 9.10. The number of nitrogens with zero attached hydrogens (tertiary/aromatic N) is 4. The van der Waals surface area contributed by atoms with Crippen LogP contribution in [0.3, 0.4) is 0 Å². The Labute approximate surface area is 181 Å². The van der Waals surface area contributed by atoms with Crippen LogP contribution in [-0.2, 0) is 11.3 Å². The van der Waals surface area contributed by atoms with Crippen LogP contribution < -0.4 is 10.1 Å². The number of benzene rings is 1. The van der Waals surface area contributed by atoms with Gasteiger partial charge in [-0.2, -0.15) is 0 Å². The van der Waals surface area contributed by atoms with E-state index in [4.69, 9.17) is 4.74 Å². The highest BCUT2D eigenvalue weighted by atomic mass is 79.9. The summed E-state index contributed by atoms with van der Waals surface area (Å²) < 4.78 is 8.49. The number of anilines is 1. The van der Waals surface area contributed by atoms with Crippen molar-refractivity contribution in [1.29, 1.82) is 0 Å². The number of nitrogens with one attached hydrogen (secondary N) is 1. The zero-order chi connectivity index (χ0) is 20.6. The molecule has 0 aliphatic heterocycles.